The molecule has 0 fully saturated rings. The Labute approximate surface area is 196 Å². The number of azo groups is 1. The van der Waals surface area contributed by atoms with Crippen LogP contribution in [-0.2, 0) is 14.7 Å². The number of nitrogen functional groups attached to an aromatic ring is 1. The van der Waals surface area contributed by atoms with E-state index >= 15 is 0 Å². The van der Waals surface area contributed by atoms with Gasteiger partial charge in [-0.1, -0.05) is 11.8 Å². The van der Waals surface area contributed by atoms with Crippen LogP contribution < -0.4 is 40.4 Å². The van der Waals surface area contributed by atoms with Crippen molar-refractivity contribution >= 4 is 49.7 Å². The molecule has 0 unspecified atom stereocenters. The van der Waals surface area contributed by atoms with Crippen LogP contribution in [0.25, 0.3) is 10.8 Å². The predicted molar refractivity (Wildman–Crippen MR) is 103 cm³/mol. The molecule has 154 valence electrons. The Morgan fingerprint density at radius 2 is 1.65 bits per heavy atom. The smallest absolute Gasteiger partial charge is 0.872 e. The summed E-state index contributed by atoms with van der Waals surface area (Å²) in [4.78, 5) is 19.8. The zero-order valence-electron chi connectivity index (χ0n) is 15.7. The largest absolute Gasteiger partial charge is 1.00 e. The molecule has 0 aliphatic carbocycles. The fourth-order valence-electron chi connectivity index (χ4n) is 2.62. The fourth-order valence-corrected chi connectivity index (χ4v) is 3.16. The summed E-state index contributed by atoms with van der Waals surface area (Å²) >= 11 is 0. The van der Waals surface area contributed by atoms with Crippen LogP contribution in [0.1, 0.15) is 0 Å². The number of anilines is 1. The van der Waals surface area contributed by atoms with Gasteiger partial charge in [-0.15, -0.1) is 10.2 Å². The van der Waals surface area contributed by atoms with Crippen molar-refractivity contribution in [3.8, 4) is 5.75 Å². The second-order valence-corrected chi connectivity index (χ2v) is 7.37. The molecule has 0 saturated carbocycles. The van der Waals surface area contributed by atoms with Gasteiger partial charge < -0.3 is 10.8 Å². The average Bonchev–Trinajstić information content (AvgIpc) is 2.66. The van der Waals surface area contributed by atoms with Gasteiger partial charge in [0.25, 0.3) is 5.69 Å². The van der Waals surface area contributed by atoms with E-state index in [1.807, 2.05) is 0 Å². The van der Waals surface area contributed by atoms with Gasteiger partial charge in [0.15, 0.2) is 5.69 Å². The third-order valence-corrected chi connectivity index (χ3v) is 4.84. The van der Waals surface area contributed by atoms with Crippen molar-refractivity contribution in [2.45, 2.75) is 4.90 Å². The Balaban J connectivity index is 0.00000341. The van der Waals surface area contributed by atoms with E-state index in [0.29, 0.717) is 6.07 Å². The Kier molecular flexibility index (Phi) is 7.05. The van der Waals surface area contributed by atoms with Crippen LogP contribution in [0.4, 0.5) is 28.4 Å². The molecule has 15 heteroatoms. The van der Waals surface area contributed by atoms with Crippen molar-refractivity contribution in [3.63, 3.8) is 0 Å². The van der Waals surface area contributed by atoms with Gasteiger partial charge in [0.2, 0.25) is 4.90 Å². The molecule has 0 aliphatic heterocycles. The van der Waals surface area contributed by atoms with E-state index in [-0.39, 0.29) is 57.4 Å². The topological polar surface area (TPSA) is 218 Å². The molecule has 3 aromatic carbocycles. The maximum absolute atomic E-state index is 12.4. The minimum absolute atomic E-state index is 0. The van der Waals surface area contributed by atoms with Gasteiger partial charge in [-0.05, 0) is 27.8 Å². The summed E-state index contributed by atoms with van der Waals surface area (Å²) in [6, 6.07) is 7.23. The monoisotopic (exact) mass is 456 g/mol. The zero-order valence-corrected chi connectivity index (χ0v) is 18.5. The molecule has 0 atom stereocenters. The predicted octanol–water partition coefficient (Wildman–Crippen LogP) is 0.536. The summed E-state index contributed by atoms with van der Waals surface area (Å²) in [5.41, 5.74) is 4.13. The molecule has 13 nitrogen and oxygen atoms in total. The van der Waals surface area contributed by atoms with Gasteiger partial charge in [-0.3, -0.25) is 20.2 Å². The van der Waals surface area contributed by atoms with Crippen LogP contribution >= 0.6 is 0 Å². The second-order valence-electron chi connectivity index (χ2n) is 5.91. The summed E-state index contributed by atoms with van der Waals surface area (Å²) in [6.07, 6.45) is 0. The SMILES string of the molecule is Nc1ccc2cc([S+](=O)(O)O)cc([O-])c2c1N=Nc1ccc([N+](=O)[O-])cc1[N+](=O)[O-].[Na+]. The van der Waals surface area contributed by atoms with Crippen LogP contribution in [-0.4, -0.2) is 19.0 Å². The number of fused-ring (bicyclic) bond motifs is 1. The van der Waals surface area contributed by atoms with Crippen LogP contribution in [0.2, 0.25) is 0 Å². The average molecular weight is 456 g/mol. The molecular formula is C16H11N5NaO8S+. The normalized spacial score (nSPS) is 11.4. The Morgan fingerprint density at radius 1 is 0.968 bits per heavy atom. The third-order valence-electron chi connectivity index (χ3n) is 3.99. The first-order valence-electron chi connectivity index (χ1n) is 7.86. The Bertz CT molecular complexity index is 1290. The van der Waals surface area contributed by atoms with Gasteiger partial charge in [-0.2, -0.15) is 9.11 Å². The molecule has 0 bridgehead atoms. The second kappa shape index (κ2) is 9.01. The molecule has 0 spiro atoms. The molecule has 0 amide bonds. The van der Waals surface area contributed by atoms with Crippen molar-refractivity contribution in [1.82, 2.24) is 0 Å². The Hall–Kier alpha value is -3.01. The van der Waals surface area contributed by atoms with Crippen molar-refractivity contribution in [2.24, 2.45) is 10.2 Å². The summed E-state index contributed by atoms with van der Waals surface area (Å²) in [5, 5.41) is 42.0. The Morgan fingerprint density at radius 3 is 2.23 bits per heavy atom. The minimum Gasteiger partial charge on any atom is -0.872 e. The molecule has 0 aromatic heterocycles. The van der Waals surface area contributed by atoms with Crippen molar-refractivity contribution in [3.05, 3.63) is 62.7 Å². The summed E-state index contributed by atoms with van der Waals surface area (Å²) < 4.78 is 29.9. The quantitative estimate of drug-likeness (QED) is 0.122. The van der Waals surface area contributed by atoms with E-state index in [9.17, 15) is 38.6 Å². The first-order valence-corrected chi connectivity index (χ1v) is 9.33. The van der Waals surface area contributed by atoms with E-state index in [4.69, 9.17) is 5.73 Å². The zero-order chi connectivity index (χ0) is 22.2. The van der Waals surface area contributed by atoms with Gasteiger partial charge in [-0.25, -0.2) is 0 Å². The molecule has 3 rings (SSSR count). The summed E-state index contributed by atoms with van der Waals surface area (Å²) in [7, 11) is -4.39. The number of hydrogen-bond acceptors (Lipinski definition) is 9. The van der Waals surface area contributed by atoms with Crippen LogP contribution in [0.3, 0.4) is 0 Å². The number of rotatable bonds is 5. The van der Waals surface area contributed by atoms with Crippen LogP contribution in [0, 0.1) is 20.2 Å². The third kappa shape index (κ3) is 5.01. The minimum atomic E-state index is -4.39. The number of non-ortho nitro benzene ring substituents is 1. The van der Waals surface area contributed by atoms with E-state index in [2.05, 4.69) is 10.2 Å². The molecule has 31 heavy (non-hydrogen) atoms. The number of nitrogens with two attached hydrogens (primary N) is 1. The van der Waals surface area contributed by atoms with Gasteiger partial charge in [0.05, 0.1) is 21.6 Å². The van der Waals surface area contributed by atoms with E-state index in [0.717, 1.165) is 24.3 Å². The van der Waals surface area contributed by atoms with E-state index in [1.165, 1.54) is 12.1 Å². The number of benzene rings is 3. The number of nitro groups is 2. The first kappa shape index (κ1) is 24.3. The van der Waals surface area contributed by atoms with Crippen LogP contribution in [0.15, 0.2) is 57.6 Å². The fraction of sp³-hybridized carbons (Fsp3) is 0. The van der Waals surface area contributed by atoms with Crippen LogP contribution in [0.5, 0.6) is 5.75 Å². The van der Waals surface area contributed by atoms with Crippen molar-refractivity contribution in [2.75, 3.05) is 5.73 Å². The van der Waals surface area contributed by atoms with Crippen molar-refractivity contribution in [1.29, 1.82) is 0 Å². The van der Waals surface area contributed by atoms with Crippen molar-refractivity contribution < 1.29 is 57.8 Å². The molecule has 0 heterocycles. The van der Waals surface area contributed by atoms with E-state index < -0.39 is 42.4 Å². The molecule has 0 radical (unpaired) electrons. The number of nitrogens with zero attached hydrogens (tertiary/aromatic N) is 4. The molecule has 0 saturated heterocycles. The maximum Gasteiger partial charge on any atom is 1.00 e. The van der Waals surface area contributed by atoms with Gasteiger partial charge in [0, 0.05) is 17.5 Å². The number of hydrogen-bond donors (Lipinski definition) is 3. The molecular weight excluding hydrogens is 445 g/mol. The standard InChI is InChI=1S/C16H11N5O8S.Na/c17-11-3-1-8-5-10(30(27,28)29)7-14(22)15(8)16(11)19-18-12-4-2-9(20(23)24)6-13(12)21(25)26;/h1-7H,(H4-,17,18,19,22,27,28,29);/q;+1. The summed E-state index contributed by atoms with van der Waals surface area (Å²) in [6.45, 7) is 0. The molecule has 4 N–H and O–H groups in total. The van der Waals surface area contributed by atoms with E-state index in [1.54, 1.807) is 0 Å². The molecule has 0 aliphatic rings. The first-order chi connectivity index (χ1) is 14.0. The summed E-state index contributed by atoms with van der Waals surface area (Å²) in [5.74, 6) is -0.794. The van der Waals surface area contributed by atoms with Gasteiger partial charge >= 0.3 is 45.7 Å². The maximum atomic E-state index is 12.4. The number of nitro benzene ring substituents is 2. The van der Waals surface area contributed by atoms with Gasteiger partial charge in [0.1, 0.15) is 5.69 Å². The molecule has 3 aromatic rings.